The Morgan fingerprint density at radius 1 is 1.56 bits per heavy atom. The maximum Gasteiger partial charge on any atom is 0.337 e. The summed E-state index contributed by atoms with van der Waals surface area (Å²) in [4.78, 5) is 11.5. The first kappa shape index (κ1) is 11.4. The van der Waals surface area contributed by atoms with Crippen LogP contribution in [0.3, 0.4) is 0 Å². The molecule has 0 spiro atoms. The van der Waals surface area contributed by atoms with Crippen LogP contribution in [0.25, 0.3) is 0 Å². The lowest BCUT2D eigenvalue weighted by molar-refractivity contribution is -0.145. The zero-order valence-corrected chi connectivity index (χ0v) is 9.29. The molecule has 1 aliphatic heterocycles. The lowest BCUT2D eigenvalue weighted by Gasteiger charge is -2.31. The van der Waals surface area contributed by atoms with Gasteiger partial charge in [0, 0.05) is 11.8 Å². The Balaban J connectivity index is 2.28. The fraction of sp³-hybridized carbons (Fsp3) is 0.727. The lowest BCUT2D eigenvalue weighted by Crippen LogP contribution is -2.36. The highest BCUT2D eigenvalue weighted by Crippen LogP contribution is 2.45. The smallest absolute Gasteiger partial charge is 0.337 e. The number of carbonyl (C=O) groups excluding carboxylic acids is 1. The van der Waals surface area contributed by atoms with E-state index in [0.29, 0.717) is 12.0 Å². The van der Waals surface area contributed by atoms with Crippen molar-refractivity contribution in [1.82, 2.24) is 0 Å². The van der Waals surface area contributed by atoms with Gasteiger partial charge in [-0.2, -0.15) is 0 Å². The van der Waals surface area contributed by atoms with Crippen LogP contribution in [-0.2, 0) is 14.3 Å². The number of ether oxygens (including phenoxy) is 2. The van der Waals surface area contributed by atoms with E-state index in [1.165, 1.54) is 13.4 Å². The van der Waals surface area contributed by atoms with Gasteiger partial charge in [0.2, 0.25) is 0 Å². The summed E-state index contributed by atoms with van der Waals surface area (Å²) in [7, 11) is 1.30. The lowest BCUT2D eigenvalue weighted by atomic mass is 9.83. The molecule has 1 saturated carbocycles. The normalized spacial score (nSPS) is 42.0. The van der Waals surface area contributed by atoms with Crippen molar-refractivity contribution in [2.45, 2.75) is 25.7 Å². The molecule has 2 N–H and O–H groups in total. The van der Waals surface area contributed by atoms with E-state index in [2.05, 4.69) is 4.74 Å². The molecule has 2 rings (SSSR count). The fourth-order valence-electron chi connectivity index (χ4n) is 2.69. The van der Waals surface area contributed by atoms with E-state index in [-0.39, 0.29) is 17.8 Å². The van der Waals surface area contributed by atoms with Crippen LogP contribution in [-0.4, -0.2) is 35.7 Å². The molecule has 5 atom stereocenters. The molecule has 0 aromatic carbocycles. The molecule has 2 aliphatic rings. The van der Waals surface area contributed by atoms with Crippen molar-refractivity contribution >= 4 is 5.97 Å². The van der Waals surface area contributed by atoms with Crippen LogP contribution in [0.2, 0.25) is 0 Å². The van der Waals surface area contributed by atoms with Gasteiger partial charge < -0.3 is 19.7 Å². The summed E-state index contributed by atoms with van der Waals surface area (Å²) < 4.78 is 9.68. The summed E-state index contributed by atoms with van der Waals surface area (Å²) in [5.41, 5.74) is 0.404. The van der Waals surface area contributed by atoms with Crippen LogP contribution in [0, 0.1) is 17.8 Å². The van der Waals surface area contributed by atoms with Gasteiger partial charge in [0.05, 0.1) is 25.0 Å². The average molecular weight is 228 g/mol. The molecule has 0 amide bonds. The molecule has 90 valence electrons. The molecule has 1 aliphatic carbocycles. The van der Waals surface area contributed by atoms with Gasteiger partial charge in [0.15, 0.2) is 6.29 Å². The van der Waals surface area contributed by atoms with E-state index in [1.807, 2.05) is 6.92 Å². The molecule has 5 unspecified atom stereocenters. The Labute approximate surface area is 93.7 Å². The summed E-state index contributed by atoms with van der Waals surface area (Å²) in [6.45, 7) is 1.85. The van der Waals surface area contributed by atoms with Crippen LogP contribution in [0.15, 0.2) is 11.8 Å². The van der Waals surface area contributed by atoms with Gasteiger partial charge in [-0.15, -0.1) is 0 Å². The SMILES string of the molecule is COC(=O)C1=COC(O)C2C1CC(O)C2C. The van der Waals surface area contributed by atoms with Gasteiger partial charge in [-0.3, -0.25) is 0 Å². The number of carbonyl (C=O) groups is 1. The van der Waals surface area contributed by atoms with E-state index in [1.54, 1.807) is 0 Å². The summed E-state index contributed by atoms with van der Waals surface area (Å²) >= 11 is 0. The number of hydrogen-bond acceptors (Lipinski definition) is 5. The largest absolute Gasteiger partial charge is 0.472 e. The van der Waals surface area contributed by atoms with Crippen LogP contribution >= 0.6 is 0 Å². The van der Waals surface area contributed by atoms with Crippen LogP contribution in [0.5, 0.6) is 0 Å². The number of methoxy groups -OCH3 is 1. The zero-order chi connectivity index (χ0) is 11.9. The Morgan fingerprint density at radius 3 is 2.88 bits per heavy atom. The van der Waals surface area contributed by atoms with E-state index in [0.717, 1.165) is 0 Å². The molecule has 5 nitrogen and oxygen atoms in total. The van der Waals surface area contributed by atoms with Gasteiger partial charge in [0.1, 0.15) is 0 Å². The summed E-state index contributed by atoms with van der Waals surface area (Å²) in [5, 5.41) is 19.5. The second-order valence-electron chi connectivity index (χ2n) is 4.44. The molecule has 0 aromatic heterocycles. The fourth-order valence-corrected chi connectivity index (χ4v) is 2.69. The third kappa shape index (κ3) is 1.60. The molecule has 16 heavy (non-hydrogen) atoms. The van der Waals surface area contributed by atoms with Gasteiger partial charge in [-0.05, 0) is 12.3 Å². The Morgan fingerprint density at radius 2 is 2.25 bits per heavy atom. The van der Waals surface area contributed by atoms with Crippen molar-refractivity contribution in [3.05, 3.63) is 11.8 Å². The summed E-state index contributed by atoms with van der Waals surface area (Å²) in [6.07, 6.45) is 0.250. The Kier molecular flexibility index (Phi) is 2.90. The van der Waals surface area contributed by atoms with E-state index in [4.69, 9.17) is 4.74 Å². The highest BCUT2D eigenvalue weighted by Gasteiger charge is 2.49. The van der Waals surface area contributed by atoms with E-state index in [9.17, 15) is 15.0 Å². The topological polar surface area (TPSA) is 76.0 Å². The number of fused-ring (bicyclic) bond motifs is 1. The first-order valence-corrected chi connectivity index (χ1v) is 5.36. The first-order valence-electron chi connectivity index (χ1n) is 5.36. The molecule has 1 heterocycles. The number of hydrogen-bond donors (Lipinski definition) is 2. The molecule has 5 heteroatoms. The third-order valence-electron chi connectivity index (χ3n) is 3.66. The predicted octanol–water partition coefficient (Wildman–Crippen LogP) is 0.0250. The maximum absolute atomic E-state index is 11.5. The van der Waals surface area contributed by atoms with Crippen molar-refractivity contribution in [2.24, 2.45) is 17.8 Å². The summed E-state index contributed by atoms with van der Waals surface area (Å²) in [5.74, 6) is -0.966. The van der Waals surface area contributed by atoms with E-state index < -0.39 is 18.4 Å². The molecule has 0 bridgehead atoms. The standard InChI is InChI=1S/C11H16O5/c1-5-8(12)3-6-7(10(13)15-2)4-16-11(14)9(5)6/h4-6,8-9,11-12,14H,3H2,1-2H3. The maximum atomic E-state index is 11.5. The molecular weight excluding hydrogens is 212 g/mol. The number of aliphatic hydroxyl groups is 2. The Hall–Kier alpha value is -1.07. The number of esters is 1. The minimum absolute atomic E-state index is 0.0895. The van der Waals surface area contributed by atoms with Crippen molar-refractivity contribution in [1.29, 1.82) is 0 Å². The molecule has 0 saturated heterocycles. The summed E-state index contributed by atoms with van der Waals surface area (Å²) in [6, 6.07) is 0. The van der Waals surface area contributed by atoms with Gasteiger partial charge in [-0.25, -0.2) is 4.79 Å². The van der Waals surface area contributed by atoms with Crippen molar-refractivity contribution in [3.63, 3.8) is 0 Å². The highest BCUT2D eigenvalue weighted by molar-refractivity contribution is 5.89. The van der Waals surface area contributed by atoms with Gasteiger partial charge in [0.25, 0.3) is 0 Å². The van der Waals surface area contributed by atoms with Crippen molar-refractivity contribution in [3.8, 4) is 0 Å². The van der Waals surface area contributed by atoms with Crippen LogP contribution in [0.4, 0.5) is 0 Å². The number of rotatable bonds is 1. The molecule has 0 aromatic rings. The minimum Gasteiger partial charge on any atom is -0.472 e. The van der Waals surface area contributed by atoms with Crippen LogP contribution < -0.4 is 0 Å². The van der Waals surface area contributed by atoms with Crippen molar-refractivity contribution in [2.75, 3.05) is 7.11 Å². The predicted molar refractivity (Wildman–Crippen MR) is 54.0 cm³/mol. The molecule has 0 radical (unpaired) electrons. The van der Waals surface area contributed by atoms with Gasteiger partial charge in [-0.1, -0.05) is 6.92 Å². The Bertz CT molecular complexity index is 324. The third-order valence-corrected chi connectivity index (χ3v) is 3.66. The average Bonchev–Trinajstić information content (AvgIpc) is 2.56. The highest BCUT2D eigenvalue weighted by atomic mass is 16.6. The number of aliphatic hydroxyl groups excluding tert-OH is 2. The molecular formula is C11H16O5. The van der Waals surface area contributed by atoms with E-state index >= 15 is 0 Å². The van der Waals surface area contributed by atoms with Crippen LogP contribution in [0.1, 0.15) is 13.3 Å². The van der Waals surface area contributed by atoms with Gasteiger partial charge >= 0.3 is 5.97 Å². The second-order valence-corrected chi connectivity index (χ2v) is 4.44. The minimum atomic E-state index is -0.953. The monoisotopic (exact) mass is 228 g/mol. The van der Waals surface area contributed by atoms with Crippen molar-refractivity contribution < 1.29 is 24.5 Å². The zero-order valence-electron chi connectivity index (χ0n) is 9.29. The quantitative estimate of drug-likeness (QED) is 0.619. The first-order chi connectivity index (χ1) is 7.56. The second kappa shape index (κ2) is 4.07. The molecule has 1 fully saturated rings.